The van der Waals surface area contributed by atoms with Crippen molar-refractivity contribution in [2.45, 2.75) is 57.8 Å². The summed E-state index contributed by atoms with van der Waals surface area (Å²) in [6.07, 6.45) is 9.67. The van der Waals surface area contributed by atoms with Crippen LogP contribution < -0.4 is 4.18 Å². The molecule has 0 spiro atoms. The van der Waals surface area contributed by atoms with Crippen LogP contribution in [-0.4, -0.2) is 36.0 Å². The molecule has 8 heteroatoms. The normalized spacial score (nSPS) is 33.4. The number of benzene rings is 1. The fraction of sp³-hybridized carbons (Fsp3) is 0.727. The molecule has 2 fully saturated rings. The standard InChI is InChI=1S/C22H32O6S2/c1-22-12-10-19-18-8-6-17(28-30(3,25)26)14-15(18)4-7-20(19)21(22)9-5-16(22)11-13-27-29(2,23)24/h6,8,14,16,19-21H,4-5,7,9-13H2,1-3H3/t16-,19-,20-,21+,22-/m1/s1. The minimum absolute atomic E-state index is 0.249. The number of fused-ring (bicyclic) bond motifs is 5. The zero-order chi connectivity index (χ0) is 21.7. The molecule has 1 aromatic carbocycles. The first-order valence-corrected chi connectivity index (χ1v) is 14.5. The highest BCUT2D eigenvalue weighted by atomic mass is 32.2. The van der Waals surface area contributed by atoms with E-state index in [9.17, 15) is 16.8 Å². The van der Waals surface area contributed by atoms with Crippen molar-refractivity contribution in [3.05, 3.63) is 29.3 Å². The third kappa shape index (κ3) is 4.41. The molecule has 0 bridgehead atoms. The Labute approximate surface area is 180 Å². The number of hydrogen-bond donors (Lipinski definition) is 0. The maximum Gasteiger partial charge on any atom is 0.306 e. The molecule has 30 heavy (non-hydrogen) atoms. The van der Waals surface area contributed by atoms with Gasteiger partial charge in [0.1, 0.15) is 5.75 Å². The van der Waals surface area contributed by atoms with Gasteiger partial charge in [0.05, 0.1) is 19.1 Å². The summed E-state index contributed by atoms with van der Waals surface area (Å²) < 4.78 is 55.6. The average Bonchev–Trinajstić information content (AvgIpc) is 2.95. The molecule has 0 radical (unpaired) electrons. The van der Waals surface area contributed by atoms with E-state index < -0.39 is 20.2 Å². The zero-order valence-corrected chi connectivity index (χ0v) is 19.6. The highest BCUT2D eigenvalue weighted by Gasteiger charge is 2.54. The van der Waals surface area contributed by atoms with Crippen molar-refractivity contribution >= 4 is 20.2 Å². The Kier molecular flexibility index (Phi) is 5.73. The quantitative estimate of drug-likeness (QED) is 0.604. The topological polar surface area (TPSA) is 86.7 Å². The van der Waals surface area contributed by atoms with E-state index in [4.69, 9.17) is 8.37 Å². The lowest BCUT2D eigenvalue weighted by Gasteiger charge is -2.51. The number of hydrogen-bond acceptors (Lipinski definition) is 6. The summed E-state index contributed by atoms with van der Waals surface area (Å²) in [5, 5.41) is 0. The van der Waals surface area contributed by atoms with Crippen molar-refractivity contribution < 1.29 is 25.2 Å². The van der Waals surface area contributed by atoms with Gasteiger partial charge in [0.15, 0.2) is 0 Å². The Hall–Kier alpha value is -1.12. The third-order valence-electron chi connectivity index (χ3n) is 7.91. The molecule has 3 aliphatic rings. The molecule has 6 nitrogen and oxygen atoms in total. The van der Waals surface area contributed by atoms with Crippen molar-refractivity contribution in [2.24, 2.45) is 23.2 Å². The summed E-state index contributed by atoms with van der Waals surface area (Å²) in [5.74, 6) is 2.72. The van der Waals surface area contributed by atoms with Crippen molar-refractivity contribution in [1.82, 2.24) is 0 Å². The second-order valence-corrected chi connectivity index (χ2v) is 12.9. The summed E-state index contributed by atoms with van der Waals surface area (Å²) in [5.41, 5.74) is 2.83. The molecule has 5 atom stereocenters. The molecule has 0 amide bonds. The van der Waals surface area contributed by atoms with E-state index in [-0.39, 0.29) is 12.0 Å². The van der Waals surface area contributed by atoms with Gasteiger partial charge in [-0.2, -0.15) is 16.8 Å². The van der Waals surface area contributed by atoms with Crippen LogP contribution in [0.3, 0.4) is 0 Å². The minimum Gasteiger partial charge on any atom is -0.383 e. The van der Waals surface area contributed by atoms with Gasteiger partial charge in [-0.05, 0) is 97.3 Å². The van der Waals surface area contributed by atoms with E-state index >= 15 is 0 Å². The molecule has 0 saturated heterocycles. The average molecular weight is 457 g/mol. The van der Waals surface area contributed by atoms with Crippen LogP contribution in [0.15, 0.2) is 18.2 Å². The van der Waals surface area contributed by atoms with Gasteiger partial charge in [-0.1, -0.05) is 13.0 Å². The predicted octanol–water partition coefficient (Wildman–Crippen LogP) is 3.86. The molecule has 0 heterocycles. The first-order valence-electron chi connectivity index (χ1n) is 10.8. The van der Waals surface area contributed by atoms with Crippen LogP contribution in [0.25, 0.3) is 0 Å². The van der Waals surface area contributed by atoms with Gasteiger partial charge in [-0.25, -0.2) is 0 Å². The summed E-state index contributed by atoms with van der Waals surface area (Å²) in [4.78, 5) is 0. The second-order valence-electron chi connectivity index (χ2n) is 9.70. The molecule has 0 unspecified atom stereocenters. The van der Waals surface area contributed by atoms with Crippen molar-refractivity contribution in [1.29, 1.82) is 0 Å². The van der Waals surface area contributed by atoms with E-state index in [2.05, 4.69) is 13.0 Å². The van der Waals surface area contributed by atoms with Crippen LogP contribution in [0.4, 0.5) is 0 Å². The molecule has 168 valence electrons. The Balaban J connectivity index is 1.49. The first-order chi connectivity index (χ1) is 14.0. The lowest BCUT2D eigenvalue weighted by Crippen LogP contribution is -2.42. The lowest BCUT2D eigenvalue weighted by atomic mass is 9.54. The van der Waals surface area contributed by atoms with Gasteiger partial charge in [-0.15, -0.1) is 0 Å². The largest absolute Gasteiger partial charge is 0.383 e. The maximum absolute atomic E-state index is 11.5. The van der Waals surface area contributed by atoms with Gasteiger partial charge in [0, 0.05) is 0 Å². The fourth-order valence-corrected chi connectivity index (χ4v) is 7.56. The zero-order valence-electron chi connectivity index (χ0n) is 18.0. The smallest absolute Gasteiger partial charge is 0.306 e. The van der Waals surface area contributed by atoms with Gasteiger partial charge in [0.25, 0.3) is 10.1 Å². The number of rotatable bonds is 6. The monoisotopic (exact) mass is 456 g/mol. The molecule has 1 aromatic rings. The van der Waals surface area contributed by atoms with Crippen molar-refractivity contribution in [2.75, 3.05) is 19.1 Å². The Morgan fingerprint density at radius 1 is 1.03 bits per heavy atom. The summed E-state index contributed by atoms with van der Waals surface area (Å²) in [6.45, 7) is 2.69. The van der Waals surface area contributed by atoms with Crippen LogP contribution in [0, 0.1) is 23.2 Å². The predicted molar refractivity (Wildman–Crippen MR) is 115 cm³/mol. The first kappa shape index (κ1) is 22.1. The fourth-order valence-electron chi connectivity index (χ4n) is 6.71. The Morgan fingerprint density at radius 2 is 1.80 bits per heavy atom. The number of aryl methyl sites for hydroxylation is 1. The maximum atomic E-state index is 11.5. The molecule has 0 aliphatic heterocycles. The van der Waals surface area contributed by atoms with Crippen LogP contribution in [-0.2, 0) is 30.8 Å². The molecule has 0 N–H and O–H groups in total. The molecule has 3 aliphatic carbocycles. The summed E-state index contributed by atoms with van der Waals surface area (Å²) >= 11 is 0. The molecule has 0 aromatic heterocycles. The Morgan fingerprint density at radius 3 is 2.50 bits per heavy atom. The van der Waals surface area contributed by atoms with Crippen LogP contribution in [0.5, 0.6) is 5.75 Å². The molecule has 2 saturated carbocycles. The van der Waals surface area contributed by atoms with E-state index in [1.807, 2.05) is 6.07 Å². The highest BCUT2D eigenvalue weighted by molar-refractivity contribution is 7.86. The molecular weight excluding hydrogens is 424 g/mol. The SMILES string of the molecule is C[C@]12CC[C@@H]3c4ccc(OS(C)(=O)=O)cc4CC[C@H]3[C@@H]1CC[C@@H]2CCOS(C)(=O)=O. The van der Waals surface area contributed by atoms with Crippen molar-refractivity contribution in [3.8, 4) is 5.75 Å². The van der Waals surface area contributed by atoms with Gasteiger partial charge in [0.2, 0.25) is 0 Å². The van der Waals surface area contributed by atoms with Crippen molar-refractivity contribution in [3.63, 3.8) is 0 Å². The summed E-state index contributed by atoms with van der Waals surface area (Å²) in [7, 11) is -6.90. The second kappa shape index (κ2) is 7.78. The van der Waals surface area contributed by atoms with Gasteiger partial charge in [-0.3, -0.25) is 4.18 Å². The Bertz CT molecular complexity index is 1020. The van der Waals surface area contributed by atoms with E-state index in [0.717, 1.165) is 51.0 Å². The lowest BCUT2D eigenvalue weighted by molar-refractivity contribution is 0.0223. The molecule has 4 rings (SSSR count). The van der Waals surface area contributed by atoms with Gasteiger partial charge >= 0.3 is 10.1 Å². The van der Waals surface area contributed by atoms with Gasteiger partial charge < -0.3 is 4.18 Å². The summed E-state index contributed by atoms with van der Waals surface area (Å²) in [6, 6.07) is 5.76. The molecular formula is C22H32O6S2. The van der Waals surface area contributed by atoms with E-state index in [1.165, 1.54) is 17.5 Å². The van der Waals surface area contributed by atoms with Crippen LogP contribution >= 0.6 is 0 Å². The van der Waals surface area contributed by atoms with E-state index in [0.29, 0.717) is 29.4 Å². The van der Waals surface area contributed by atoms with E-state index in [1.54, 1.807) is 6.07 Å². The van der Waals surface area contributed by atoms with Crippen LogP contribution in [0.1, 0.15) is 62.5 Å². The third-order valence-corrected chi connectivity index (χ3v) is 9.00. The van der Waals surface area contributed by atoms with Crippen LogP contribution in [0.2, 0.25) is 0 Å². The highest BCUT2D eigenvalue weighted by Crippen LogP contribution is 2.63. The minimum atomic E-state index is -3.52.